The average Bonchev–Trinajstić information content (AvgIpc) is 3.32. The largest absolute Gasteiger partial charge is 0.493 e. The Kier molecular flexibility index (Phi) is 9.90. The minimum Gasteiger partial charge on any atom is -0.493 e. The summed E-state index contributed by atoms with van der Waals surface area (Å²) in [5.74, 6) is 0.673. The minimum absolute atomic E-state index is 0.0985. The maximum absolute atomic E-state index is 12.4. The van der Waals surface area contributed by atoms with Gasteiger partial charge in [0.1, 0.15) is 0 Å². The van der Waals surface area contributed by atoms with Crippen LogP contribution in [0.3, 0.4) is 0 Å². The zero-order chi connectivity index (χ0) is 26.1. The highest BCUT2D eigenvalue weighted by Gasteiger charge is 2.15. The molecule has 0 fully saturated rings. The predicted octanol–water partition coefficient (Wildman–Crippen LogP) is 5.30. The number of carboxylic acid groups (broad SMARTS) is 1. The first-order valence-electron chi connectivity index (χ1n) is 11.9. The summed E-state index contributed by atoms with van der Waals surface area (Å²) in [6.45, 7) is 6.57. The van der Waals surface area contributed by atoms with Gasteiger partial charge < -0.3 is 19.9 Å². The van der Waals surface area contributed by atoms with Crippen molar-refractivity contribution in [1.82, 2.24) is 10.2 Å². The number of methoxy groups -OCH3 is 2. The number of aliphatic carboxylic acids is 1. The van der Waals surface area contributed by atoms with Gasteiger partial charge in [-0.1, -0.05) is 44.2 Å². The molecule has 1 heterocycles. The number of carbonyl (C=O) groups is 2. The fourth-order valence-corrected chi connectivity index (χ4v) is 4.81. The Balaban J connectivity index is 1.77. The van der Waals surface area contributed by atoms with Gasteiger partial charge in [-0.05, 0) is 46.9 Å². The molecule has 0 spiro atoms. The van der Waals surface area contributed by atoms with Crippen molar-refractivity contribution in [3.8, 4) is 11.5 Å². The van der Waals surface area contributed by atoms with E-state index < -0.39 is 5.97 Å². The maximum Gasteiger partial charge on any atom is 0.305 e. The lowest BCUT2D eigenvalue weighted by Crippen LogP contribution is -2.25. The number of carbonyl (C=O) groups excluding carboxylic acids is 1. The van der Waals surface area contributed by atoms with E-state index in [0.717, 1.165) is 17.0 Å². The summed E-state index contributed by atoms with van der Waals surface area (Å²) in [7, 11) is 3.25. The Bertz CT molecular complexity index is 1160. The molecule has 0 saturated carbocycles. The molecule has 0 saturated heterocycles. The van der Waals surface area contributed by atoms with E-state index in [9.17, 15) is 9.59 Å². The smallest absolute Gasteiger partial charge is 0.305 e. The first kappa shape index (κ1) is 27.2. The number of carboxylic acids is 1. The second-order valence-corrected chi connectivity index (χ2v) is 10.1. The highest BCUT2D eigenvalue weighted by atomic mass is 32.1. The molecule has 3 aromatic rings. The molecule has 8 heteroatoms. The van der Waals surface area contributed by atoms with Crippen LogP contribution >= 0.6 is 11.3 Å². The summed E-state index contributed by atoms with van der Waals surface area (Å²) in [6.07, 6.45) is -0.0985. The van der Waals surface area contributed by atoms with E-state index in [1.54, 1.807) is 20.3 Å². The van der Waals surface area contributed by atoms with Crippen molar-refractivity contribution < 1.29 is 24.2 Å². The van der Waals surface area contributed by atoms with Crippen LogP contribution in [0, 0.1) is 0 Å². The number of nitrogens with one attached hydrogen (secondary N) is 1. The first-order valence-corrected chi connectivity index (χ1v) is 12.7. The van der Waals surface area contributed by atoms with Crippen molar-refractivity contribution in [3.63, 3.8) is 0 Å². The molecule has 0 aliphatic heterocycles. The van der Waals surface area contributed by atoms with Crippen LogP contribution < -0.4 is 14.8 Å². The number of nitrogens with zero attached hydrogens (tertiary/aromatic N) is 1. The summed E-state index contributed by atoms with van der Waals surface area (Å²) >= 11 is 1.42. The van der Waals surface area contributed by atoms with E-state index in [2.05, 4.69) is 48.3 Å². The van der Waals surface area contributed by atoms with Crippen molar-refractivity contribution in [1.29, 1.82) is 0 Å². The molecular formula is C28H34N2O5S. The summed E-state index contributed by atoms with van der Waals surface area (Å²) in [4.78, 5) is 27.0. The summed E-state index contributed by atoms with van der Waals surface area (Å²) < 4.78 is 10.9. The van der Waals surface area contributed by atoms with Gasteiger partial charge in [0.15, 0.2) is 11.5 Å². The average molecular weight is 511 g/mol. The van der Waals surface area contributed by atoms with Crippen LogP contribution in [0.4, 0.5) is 0 Å². The topological polar surface area (TPSA) is 88.1 Å². The quantitative estimate of drug-likeness (QED) is 0.325. The molecule has 0 unspecified atom stereocenters. The molecule has 0 aliphatic rings. The van der Waals surface area contributed by atoms with Crippen LogP contribution in [0.2, 0.25) is 0 Å². The molecule has 1 amide bonds. The summed E-state index contributed by atoms with van der Waals surface area (Å²) in [5.41, 5.74) is 3.61. The molecule has 2 aromatic carbocycles. The highest BCUT2D eigenvalue weighted by molar-refractivity contribution is 7.14. The number of thiophene rings is 1. The third-order valence-corrected chi connectivity index (χ3v) is 6.86. The Morgan fingerprint density at radius 2 is 1.58 bits per heavy atom. The third-order valence-electron chi connectivity index (χ3n) is 5.80. The van der Waals surface area contributed by atoms with Crippen molar-refractivity contribution in [2.45, 2.75) is 45.8 Å². The molecule has 7 nitrogen and oxygen atoms in total. The molecule has 3 rings (SSSR count). The normalized spacial score (nSPS) is 11.1. The molecule has 192 valence electrons. The number of rotatable bonds is 13. The van der Waals surface area contributed by atoms with E-state index in [1.165, 1.54) is 22.5 Å². The second kappa shape index (κ2) is 13.1. The SMILES string of the molecule is COc1ccc(CN(Cc2ccc(C(C)C)cc2)Cc2ccc(C(=O)NCCC(=O)O)s2)cc1OC. The third kappa shape index (κ3) is 7.83. The highest BCUT2D eigenvalue weighted by Crippen LogP contribution is 2.29. The summed E-state index contributed by atoms with van der Waals surface area (Å²) in [6, 6.07) is 18.4. The van der Waals surface area contributed by atoms with E-state index in [4.69, 9.17) is 14.6 Å². The molecule has 1 aromatic heterocycles. The van der Waals surface area contributed by atoms with E-state index >= 15 is 0 Å². The zero-order valence-corrected chi connectivity index (χ0v) is 22.1. The number of ether oxygens (including phenoxy) is 2. The van der Waals surface area contributed by atoms with E-state index in [0.29, 0.717) is 35.4 Å². The van der Waals surface area contributed by atoms with Crippen LogP contribution in [-0.4, -0.2) is 42.6 Å². The monoisotopic (exact) mass is 510 g/mol. The fourth-order valence-electron chi connectivity index (χ4n) is 3.85. The predicted molar refractivity (Wildman–Crippen MR) is 142 cm³/mol. The van der Waals surface area contributed by atoms with Gasteiger partial charge in [-0.15, -0.1) is 11.3 Å². The molecule has 0 aliphatic carbocycles. The molecular weight excluding hydrogens is 476 g/mol. The van der Waals surface area contributed by atoms with Crippen molar-refractivity contribution in [2.24, 2.45) is 0 Å². The van der Waals surface area contributed by atoms with Gasteiger partial charge in [-0.2, -0.15) is 0 Å². The second-order valence-electron chi connectivity index (χ2n) is 8.90. The first-order chi connectivity index (χ1) is 17.3. The lowest BCUT2D eigenvalue weighted by atomic mass is 10.0. The van der Waals surface area contributed by atoms with E-state index in [-0.39, 0.29) is 18.9 Å². The van der Waals surface area contributed by atoms with Crippen molar-refractivity contribution in [2.75, 3.05) is 20.8 Å². The Labute approximate surface area is 216 Å². The van der Waals surface area contributed by atoms with Crippen LogP contribution in [0.1, 0.15) is 57.4 Å². The van der Waals surface area contributed by atoms with Crippen LogP contribution in [0.15, 0.2) is 54.6 Å². The van der Waals surface area contributed by atoms with Gasteiger partial charge in [0.25, 0.3) is 5.91 Å². The lowest BCUT2D eigenvalue weighted by molar-refractivity contribution is -0.136. The van der Waals surface area contributed by atoms with Gasteiger partial charge in [0, 0.05) is 31.1 Å². The Morgan fingerprint density at radius 1 is 0.917 bits per heavy atom. The van der Waals surface area contributed by atoms with Crippen LogP contribution in [0.5, 0.6) is 11.5 Å². The van der Waals surface area contributed by atoms with Gasteiger partial charge in [-0.25, -0.2) is 0 Å². The van der Waals surface area contributed by atoms with E-state index in [1.807, 2.05) is 24.3 Å². The molecule has 0 radical (unpaired) electrons. The Morgan fingerprint density at radius 3 is 2.22 bits per heavy atom. The van der Waals surface area contributed by atoms with Gasteiger partial charge in [0.2, 0.25) is 0 Å². The summed E-state index contributed by atoms with van der Waals surface area (Å²) in [5, 5.41) is 11.4. The van der Waals surface area contributed by atoms with Gasteiger partial charge >= 0.3 is 5.97 Å². The molecule has 2 N–H and O–H groups in total. The number of hydrogen-bond donors (Lipinski definition) is 2. The van der Waals surface area contributed by atoms with Gasteiger partial charge in [0.05, 0.1) is 25.5 Å². The number of hydrogen-bond acceptors (Lipinski definition) is 6. The van der Waals surface area contributed by atoms with Crippen LogP contribution in [-0.2, 0) is 24.4 Å². The Hall–Kier alpha value is -3.36. The van der Waals surface area contributed by atoms with Crippen molar-refractivity contribution in [3.05, 3.63) is 81.0 Å². The minimum atomic E-state index is -0.936. The zero-order valence-electron chi connectivity index (χ0n) is 21.2. The molecule has 36 heavy (non-hydrogen) atoms. The molecule has 0 atom stereocenters. The molecule has 0 bridgehead atoms. The fraction of sp³-hybridized carbons (Fsp3) is 0.357. The maximum atomic E-state index is 12.4. The van der Waals surface area contributed by atoms with Crippen molar-refractivity contribution >= 4 is 23.2 Å². The van der Waals surface area contributed by atoms with Gasteiger partial charge in [-0.3, -0.25) is 14.5 Å². The number of amides is 1. The number of benzene rings is 2. The lowest BCUT2D eigenvalue weighted by Gasteiger charge is -2.23. The standard InChI is InChI=1S/C28H34N2O5S/c1-19(2)22-8-5-20(6-9-22)16-30(17-21-7-11-24(34-3)25(15-21)35-4)18-23-10-12-26(36-23)28(33)29-14-13-27(31)32/h5-12,15,19H,13-14,16-18H2,1-4H3,(H,29,33)(H,31,32). The van der Waals surface area contributed by atoms with Crippen LogP contribution in [0.25, 0.3) is 0 Å².